The lowest BCUT2D eigenvalue weighted by molar-refractivity contribution is -0.214. The number of carboxylic acid groups (broad SMARTS) is 2. The molecule has 0 bridgehead atoms. The van der Waals surface area contributed by atoms with Crippen molar-refractivity contribution in [2.24, 2.45) is 50.2 Å². The number of carbonyl (C=O) groups excluding carboxylic acids is 1. The Morgan fingerprint density at radius 1 is 0.872 bits per heavy atom. The molecule has 5 aliphatic carbocycles. The molecule has 0 aromatic carbocycles. The van der Waals surface area contributed by atoms with E-state index in [9.17, 15) is 19.5 Å². The molecule has 0 aliphatic heterocycles. The molecule has 5 rings (SSSR count). The van der Waals surface area contributed by atoms with E-state index in [1.807, 2.05) is 0 Å². The van der Waals surface area contributed by atoms with E-state index in [1.165, 1.54) is 5.57 Å². The second-order valence-corrected chi connectivity index (χ2v) is 16.1. The van der Waals surface area contributed by atoms with E-state index >= 15 is 0 Å². The molecule has 218 valence electrons. The fourth-order valence-electron chi connectivity index (χ4n) is 11.1. The summed E-state index contributed by atoms with van der Waals surface area (Å²) in [5.41, 5.74) is 0.874. The van der Waals surface area contributed by atoms with Gasteiger partial charge in [-0.15, -0.1) is 0 Å². The number of aliphatic carboxylic acids is 2. The van der Waals surface area contributed by atoms with E-state index in [0.717, 1.165) is 64.2 Å². The highest BCUT2D eigenvalue weighted by Gasteiger charge is 2.69. The third-order valence-electron chi connectivity index (χ3n) is 13.6. The molecule has 0 spiro atoms. The van der Waals surface area contributed by atoms with Crippen molar-refractivity contribution < 1.29 is 29.3 Å². The molecule has 4 saturated carbocycles. The van der Waals surface area contributed by atoms with Crippen molar-refractivity contribution in [1.82, 2.24) is 0 Å². The van der Waals surface area contributed by atoms with Crippen LogP contribution in [-0.4, -0.2) is 34.2 Å². The molecule has 0 aromatic rings. The highest BCUT2D eigenvalue weighted by Crippen LogP contribution is 2.75. The van der Waals surface area contributed by atoms with Crippen LogP contribution in [0.2, 0.25) is 0 Å². The summed E-state index contributed by atoms with van der Waals surface area (Å²) < 4.78 is 5.80. The monoisotopic (exact) mass is 542 g/mol. The molecule has 6 nitrogen and oxygen atoms in total. The van der Waals surface area contributed by atoms with Gasteiger partial charge in [0.2, 0.25) is 0 Å². The molecule has 4 fully saturated rings. The van der Waals surface area contributed by atoms with Crippen LogP contribution in [0.15, 0.2) is 11.6 Å². The molecular weight excluding hydrogens is 492 g/mol. The maximum atomic E-state index is 12.8. The number of allylic oxidation sites excluding steroid dienone is 2. The Morgan fingerprint density at radius 2 is 1.54 bits per heavy atom. The number of rotatable bonds is 4. The summed E-state index contributed by atoms with van der Waals surface area (Å²) in [4.78, 5) is 36.2. The van der Waals surface area contributed by atoms with Gasteiger partial charge in [0.1, 0.15) is 12.5 Å². The maximum Gasteiger partial charge on any atom is 0.317 e. The van der Waals surface area contributed by atoms with Crippen LogP contribution in [0.25, 0.3) is 0 Å². The number of hydrogen-bond acceptors (Lipinski definition) is 4. The molecule has 5 aliphatic rings. The standard InChI is InChI=1S/C33H50O6/c1-28(2)14-16-33(27(37)38)17-15-31(6)20(21(33)19-28)8-9-23-30(5)12-11-24(39-26(36)18-25(34)35)29(3,4)22(30)10-13-32(23,31)7/h8,21-24H,9-19H2,1-7H3,(H,34,35)(H,37,38)/t21?,22?,23?,24-,30-,31+,32+,33-/m0/s1. The Labute approximate surface area is 234 Å². The molecule has 8 atom stereocenters. The lowest BCUT2D eigenvalue weighted by Crippen LogP contribution is -2.65. The van der Waals surface area contributed by atoms with Crippen molar-refractivity contribution in [2.45, 2.75) is 125 Å². The molecule has 0 radical (unpaired) electrons. The van der Waals surface area contributed by atoms with Crippen molar-refractivity contribution in [2.75, 3.05) is 0 Å². The fourth-order valence-corrected chi connectivity index (χ4v) is 11.1. The van der Waals surface area contributed by atoms with Gasteiger partial charge in [-0.1, -0.05) is 60.1 Å². The summed E-state index contributed by atoms with van der Waals surface area (Å²) in [6, 6.07) is 0. The predicted octanol–water partition coefficient (Wildman–Crippen LogP) is 7.26. The molecular formula is C33H50O6. The van der Waals surface area contributed by atoms with Gasteiger partial charge < -0.3 is 14.9 Å². The average Bonchev–Trinajstić information content (AvgIpc) is 2.80. The molecule has 0 aromatic heterocycles. The normalized spacial score (nSPS) is 45.9. The summed E-state index contributed by atoms with van der Waals surface area (Å²) in [5.74, 6) is -1.42. The van der Waals surface area contributed by atoms with Gasteiger partial charge in [0.15, 0.2) is 0 Å². The van der Waals surface area contributed by atoms with Crippen molar-refractivity contribution in [1.29, 1.82) is 0 Å². The van der Waals surface area contributed by atoms with Gasteiger partial charge in [-0.05, 0) is 104 Å². The van der Waals surface area contributed by atoms with Crippen LogP contribution in [0.1, 0.15) is 119 Å². The largest absolute Gasteiger partial charge is 0.481 e. The molecule has 3 unspecified atom stereocenters. The van der Waals surface area contributed by atoms with Gasteiger partial charge in [0, 0.05) is 5.41 Å². The maximum absolute atomic E-state index is 12.8. The molecule has 2 N–H and O–H groups in total. The Bertz CT molecular complexity index is 1100. The van der Waals surface area contributed by atoms with Gasteiger partial charge in [-0.2, -0.15) is 0 Å². The van der Waals surface area contributed by atoms with Crippen LogP contribution in [0.4, 0.5) is 0 Å². The molecule has 39 heavy (non-hydrogen) atoms. The van der Waals surface area contributed by atoms with Crippen molar-refractivity contribution >= 4 is 17.9 Å². The minimum absolute atomic E-state index is 0.0180. The summed E-state index contributed by atoms with van der Waals surface area (Å²) >= 11 is 0. The smallest absolute Gasteiger partial charge is 0.317 e. The number of hydrogen-bond donors (Lipinski definition) is 2. The van der Waals surface area contributed by atoms with Crippen LogP contribution in [0.3, 0.4) is 0 Å². The first kappa shape index (κ1) is 28.7. The van der Waals surface area contributed by atoms with Crippen LogP contribution in [0.5, 0.6) is 0 Å². The third-order valence-corrected chi connectivity index (χ3v) is 13.6. The number of ether oxygens (including phenoxy) is 1. The highest BCUT2D eigenvalue weighted by atomic mass is 16.5. The predicted molar refractivity (Wildman–Crippen MR) is 149 cm³/mol. The molecule has 0 saturated heterocycles. The van der Waals surface area contributed by atoms with E-state index in [0.29, 0.717) is 11.8 Å². The first-order valence-corrected chi connectivity index (χ1v) is 15.3. The van der Waals surface area contributed by atoms with Crippen LogP contribution in [0, 0.1) is 50.2 Å². The Kier molecular flexibility index (Phi) is 6.49. The second-order valence-electron chi connectivity index (χ2n) is 16.1. The summed E-state index contributed by atoms with van der Waals surface area (Å²) in [5, 5.41) is 19.6. The van der Waals surface area contributed by atoms with Crippen LogP contribution < -0.4 is 0 Å². The van der Waals surface area contributed by atoms with Gasteiger partial charge in [0.25, 0.3) is 0 Å². The number of carbonyl (C=O) groups is 3. The first-order chi connectivity index (χ1) is 17.9. The molecule has 0 amide bonds. The SMILES string of the molecule is CC1(C)CC[C@]2(C(=O)O)CC[C@]3(C)C(=CCC4[C@@]5(C)CC[C@H](OC(=O)CC(=O)O)C(C)(C)C5CC[C@]43C)C2C1. The first-order valence-electron chi connectivity index (χ1n) is 15.3. The summed E-state index contributed by atoms with van der Waals surface area (Å²) in [6.45, 7) is 16.5. The molecule has 0 heterocycles. The minimum atomic E-state index is -1.15. The van der Waals surface area contributed by atoms with Crippen molar-refractivity contribution in [3.63, 3.8) is 0 Å². The summed E-state index contributed by atoms with van der Waals surface area (Å²) in [7, 11) is 0. The average molecular weight is 543 g/mol. The highest BCUT2D eigenvalue weighted by molar-refractivity contribution is 5.90. The quantitative estimate of drug-likeness (QED) is 0.220. The van der Waals surface area contributed by atoms with E-state index in [2.05, 4.69) is 54.5 Å². The number of esters is 1. The number of carboxylic acids is 2. The van der Waals surface area contributed by atoms with Gasteiger partial charge >= 0.3 is 17.9 Å². The fraction of sp³-hybridized carbons (Fsp3) is 0.848. The zero-order chi connectivity index (χ0) is 28.8. The summed E-state index contributed by atoms with van der Waals surface area (Å²) in [6.07, 6.45) is 10.9. The van der Waals surface area contributed by atoms with Crippen LogP contribution in [-0.2, 0) is 19.1 Å². The number of fused-ring (bicyclic) bond motifs is 7. The minimum Gasteiger partial charge on any atom is -0.481 e. The van der Waals surface area contributed by atoms with Crippen molar-refractivity contribution in [3.05, 3.63) is 11.6 Å². The molecule has 6 heteroatoms. The van der Waals surface area contributed by atoms with Gasteiger partial charge in [-0.25, -0.2) is 0 Å². The van der Waals surface area contributed by atoms with E-state index in [4.69, 9.17) is 9.84 Å². The topological polar surface area (TPSA) is 101 Å². The zero-order valence-electron chi connectivity index (χ0n) is 25.2. The zero-order valence-corrected chi connectivity index (χ0v) is 25.2. The lowest BCUT2D eigenvalue weighted by atomic mass is 9.33. The van der Waals surface area contributed by atoms with Crippen molar-refractivity contribution in [3.8, 4) is 0 Å². The lowest BCUT2D eigenvalue weighted by Gasteiger charge is -2.71. The second kappa shape index (κ2) is 8.82. The van der Waals surface area contributed by atoms with E-state index in [1.54, 1.807) is 0 Å². The third kappa shape index (κ3) is 3.96. The Morgan fingerprint density at radius 3 is 2.18 bits per heavy atom. The van der Waals surface area contributed by atoms with Gasteiger partial charge in [0.05, 0.1) is 5.41 Å². The van der Waals surface area contributed by atoms with E-state index in [-0.39, 0.29) is 39.1 Å². The van der Waals surface area contributed by atoms with Gasteiger partial charge in [-0.3, -0.25) is 14.4 Å². The van der Waals surface area contributed by atoms with Crippen LogP contribution >= 0.6 is 0 Å². The Hall–Kier alpha value is -1.85. The van der Waals surface area contributed by atoms with E-state index < -0.39 is 29.7 Å². The Balaban J connectivity index is 1.49.